The van der Waals surface area contributed by atoms with Crippen molar-refractivity contribution in [1.29, 1.82) is 5.26 Å². The van der Waals surface area contributed by atoms with Crippen LogP contribution in [0.15, 0.2) is 24.3 Å². The standard InChI is InChI=1S/C15H17N3O3/c1-10(20)17-14-8-18(7-13(14)9-19)15(21)12-4-2-11(6-16)3-5-12/h2-5,13-14,19H,7-9H2,1H3,(H,17,20)/t13-,14+/m0/s1. The van der Waals surface area contributed by atoms with E-state index in [1.807, 2.05) is 6.07 Å². The normalized spacial score (nSPS) is 20.9. The Morgan fingerprint density at radius 3 is 2.57 bits per heavy atom. The molecule has 2 N–H and O–H groups in total. The topological polar surface area (TPSA) is 93.4 Å². The van der Waals surface area contributed by atoms with Gasteiger partial charge in [0.05, 0.1) is 17.7 Å². The molecule has 1 aliphatic heterocycles. The van der Waals surface area contributed by atoms with Crippen LogP contribution in [0, 0.1) is 17.2 Å². The molecule has 0 aliphatic carbocycles. The largest absolute Gasteiger partial charge is 0.396 e. The predicted molar refractivity (Wildman–Crippen MR) is 75.2 cm³/mol. The van der Waals surface area contributed by atoms with Crippen LogP contribution in [0.2, 0.25) is 0 Å². The van der Waals surface area contributed by atoms with Crippen molar-refractivity contribution in [3.63, 3.8) is 0 Å². The number of hydrogen-bond donors (Lipinski definition) is 2. The van der Waals surface area contributed by atoms with Crippen LogP contribution in [0.4, 0.5) is 0 Å². The van der Waals surface area contributed by atoms with Gasteiger partial charge in [-0.15, -0.1) is 0 Å². The fourth-order valence-electron chi connectivity index (χ4n) is 2.52. The SMILES string of the molecule is CC(=O)N[C@@H]1CN(C(=O)c2ccc(C#N)cc2)C[C@H]1CO. The van der Waals surface area contributed by atoms with Gasteiger partial charge in [0.25, 0.3) is 5.91 Å². The average Bonchev–Trinajstić information content (AvgIpc) is 2.88. The highest BCUT2D eigenvalue weighted by Crippen LogP contribution is 2.19. The van der Waals surface area contributed by atoms with Crippen molar-refractivity contribution >= 4 is 11.8 Å². The number of nitrogens with zero attached hydrogens (tertiary/aromatic N) is 2. The molecule has 1 fully saturated rings. The molecule has 6 nitrogen and oxygen atoms in total. The highest BCUT2D eigenvalue weighted by Gasteiger charge is 2.35. The quantitative estimate of drug-likeness (QED) is 0.826. The van der Waals surface area contributed by atoms with Crippen LogP contribution in [0.25, 0.3) is 0 Å². The molecular formula is C15H17N3O3. The van der Waals surface area contributed by atoms with Crippen LogP contribution in [0.5, 0.6) is 0 Å². The summed E-state index contributed by atoms with van der Waals surface area (Å²) in [6, 6.07) is 8.19. The summed E-state index contributed by atoms with van der Waals surface area (Å²) in [6.07, 6.45) is 0. The molecule has 1 aromatic carbocycles. The molecule has 2 rings (SSSR count). The minimum atomic E-state index is -0.227. The van der Waals surface area contributed by atoms with E-state index in [2.05, 4.69) is 5.32 Å². The van der Waals surface area contributed by atoms with E-state index in [-0.39, 0.29) is 30.4 Å². The number of benzene rings is 1. The number of hydrogen-bond acceptors (Lipinski definition) is 4. The van der Waals surface area contributed by atoms with Gasteiger partial charge >= 0.3 is 0 Å². The second kappa shape index (κ2) is 6.37. The molecule has 0 unspecified atom stereocenters. The van der Waals surface area contributed by atoms with Crippen LogP contribution in [-0.4, -0.2) is 47.6 Å². The maximum absolute atomic E-state index is 12.4. The minimum Gasteiger partial charge on any atom is -0.396 e. The van der Waals surface area contributed by atoms with Gasteiger partial charge in [-0.25, -0.2) is 0 Å². The van der Waals surface area contributed by atoms with Gasteiger partial charge in [-0.1, -0.05) is 0 Å². The lowest BCUT2D eigenvalue weighted by Gasteiger charge is -2.17. The summed E-state index contributed by atoms with van der Waals surface area (Å²) in [5.74, 6) is -0.492. The van der Waals surface area contributed by atoms with Crippen LogP contribution in [0.3, 0.4) is 0 Å². The van der Waals surface area contributed by atoms with Gasteiger partial charge in [-0.3, -0.25) is 9.59 Å². The zero-order chi connectivity index (χ0) is 15.4. The Balaban J connectivity index is 2.09. The van der Waals surface area contributed by atoms with E-state index in [9.17, 15) is 14.7 Å². The molecular weight excluding hydrogens is 270 g/mol. The molecule has 0 aromatic heterocycles. The van der Waals surface area contributed by atoms with E-state index in [0.717, 1.165) is 0 Å². The van der Waals surface area contributed by atoms with Gasteiger partial charge < -0.3 is 15.3 Å². The number of nitriles is 1. The first kappa shape index (κ1) is 15.0. The summed E-state index contributed by atoms with van der Waals surface area (Å²) in [5, 5.41) is 20.9. The predicted octanol–water partition coefficient (Wildman–Crippen LogP) is 0.127. The van der Waals surface area contributed by atoms with Crippen molar-refractivity contribution in [2.24, 2.45) is 5.92 Å². The molecule has 1 heterocycles. The van der Waals surface area contributed by atoms with Crippen LogP contribution in [-0.2, 0) is 4.79 Å². The maximum Gasteiger partial charge on any atom is 0.253 e. The lowest BCUT2D eigenvalue weighted by molar-refractivity contribution is -0.119. The molecule has 1 aliphatic rings. The Labute approximate surface area is 123 Å². The number of likely N-dealkylation sites (tertiary alicyclic amines) is 1. The number of nitrogens with one attached hydrogen (secondary N) is 1. The van der Waals surface area contributed by atoms with Crippen molar-refractivity contribution in [1.82, 2.24) is 10.2 Å². The van der Waals surface area contributed by atoms with E-state index in [1.54, 1.807) is 29.2 Å². The average molecular weight is 287 g/mol. The van der Waals surface area contributed by atoms with Crippen LogP contribution < -0.4 is 5.32 Å². The molecule has 1 aromatic rings. The van der Waals surface area contributed by atoms with Gasteiger partial charge in [-0.05, 0) is 24.3 Å². The molecule has 110 valence electrons. The first-order valence-corrected chi connectivity index (χ1v) is 6.72. The lowest BCUT2D eigenvalue weighted by atomic mass is 10.1. The third-order valence-electron chi connectivity index (χ3n) is 3.61. The van der Waals surface area contributed by atoms with E-state index in [4.69, 9.17) is 5.26 Å². The van der Waals surface area contributed by atoms with Crippen molar-refractivity contribution in [3.05, 3.63) is 35.4 Å². The number of aliphatic hydroxyl groups is 1. The second-order valence-corrected chi connectivity index (χ2v) is 5.15. The van der Waals surface area contributed by atoms with Gasteiger partial charge in [0, 0.05) is 38.1 Å². The molecule has 6 heteroatoms. The fourth-order valence-corrected chi connectivity index (χ4v) is 2.52. The van der Waals surface area contributed by atoms with Crippen molar-refractivity contribution in [3.8, 4) is 6.07 Å². The molecule has 1 saturated heterocycles. The molecule has 2 atom stereocenters. The number of amides is 2. The summed E-state index contributed by atoms with van der Waals surface area (Å²) >= 11 is 0. The minimum absolute atomic E-state index is 0.0813. The number of carbonyl (C=O) groups is 2. The molecule has 0 saturated carbocycles. The Kier molecular flexibility index (Phi) is 4.55. The third kappa shape index (κ3) is 3.38. The van der Waals surface area contributed by atoms with Crippen LogP contribution in [0.1, 0.15) is 22.8 Å². The fraction of sp³-hybridized carbons (Fsp3) is 0.400. The van der Waals surface area contributed by atoms with Gasteiger partial charge in [0.1, 0.15) is 0 Å². The maximum atomic E-state index is 12.4. The number of aliphatic hydroxyl groups excluding tert-OH is 1. The van der Waals surface area contributed by atoms with Gasteiger partial charge in [-0.2, -0.15) is 5.26 Å². The first-order chi connectivity index (χ1) is 10.0. The Bertz CT molecular complexity index is 577. The Morgan fingerprint density at radius 2 is 2.05 bits per heavy atom. The first-order valence-electron chi connectivity index (χ1n) is 6.72. The lowest BCUT2D eigenvalue weighted by Crippen LogP contribution is -2.40. The third-order valence-corrected chi connectivity index (χ3v) is 3.61. The Morgan fingerprint density at radius 1 is 1.38 bits per heavy atom. The Hall–Kier alpha value is -2.39. The van der Waals surface area contributed by atoms with Crippen molar-refractivity contribution in [2.75, 3.05) is 19.7 Å². The van der Waals surface area contributed by atoms with Crippen molar-refractivity contribution < 1.29 is 14.7 Å². The molecule has 2 amide bonds. The zero-order valence-corrected chi connectivity index (χ0v) is 11.7. The molecule has 0 bridgehead atoms. The van der Waals surface area contributed by atoms with Gasteiger partial charge in [0.15, 0.2) is 0 Å². The number of carbonyl (C=O) groups excluding carboxylic acids is 2. The van der Waals surface area contributed by atoms with Crippen molar-refractivity contribution in [2.45, 2.75) is 13.0 Å². The highest BCUT2D eigenvalue weighted by molar-refractivity contribution is 5.94. The smallest absolute Gasteiger partial charge is 0.253 e. The molecule has 21 heavy (non-hydrogen) atoms. The molecule has 0 spiro atoms. The highest BCUT2D eigenvalue weighted by atomic mass is 16.3. The summed E-state index contributed by atoms with van der Waals surface area (Å²) < 4.78 is 0. The van der Waals surface area contributed by atoms with E-state index in [0.29, 0.717) is 24.2 Å². The van der Waals surface area contributed by atoms with E-state index < -0.39 is 0 Å². The van der Waals surface area contributed by atoms with E-state index >= 15 is 0 Å². The summed E-state index contributed by atoms with van der Waals surface area (Å²) in [5.41, 5.74) is 0.992. The summed E-state index contributed by atoms with van der Waals surface area (Å²) in [7, 11) is 0. The number of rotatable bonds is 3. The monoisotopic (exact) mass is 287 g/mol. The van der Waals surface area contributed by atoms with Gasteiger partial charge in [0.2, 0.25) is 5.91 Å². The van der Waals surface area contributed by atoms with Crippen LogP contribution >= 0.6 is 0 Å². The van der Waals surface area contributed by atoms with E-state index in [1.165, 1.54) is 6.92 Å². The summed E-state index contributed by atoms with van der Waals surface area (Å²) in [6.45, 7) is 2.12. The second-order valence-electron chi connectivity index (χ2n) is 5.15. The summed E-state index contributed by atoms with van der Waals surface area (Å²) in [4.78, 5) is 25.2. The molecule has 0 radical (unpaired) electrons. The zero-order valence-electron chi connectivity index (χ0n) is 11.7.